The van der Waals surface area contributed by atoms with Crippen LogP contribution in [0.1, 0.15) is 31.6 Å². The Morgan fingerprint density at radius 2 is 1.67 bits per heavy atom. The van der Waals surface area contributed by atoms with E-state index >= 15 is 0 Å². The Labute approximate surface area is 175 Å². The van der Waals surface area contributed by atoms with Crippen molar-refractivity contribution in [1.29, 1.82) is 0 Å². The predicted molar refractivity (Wildman–Crippen MR) is 109 cm³/mol. The number of fused-ring (bicyclic) bond motifs is 1. The Balaban J connectivity index is 1.45. The maximum Gasteiger partial charge on any atom is 0.269 e. The van der Waals surface area contributed by atoms with E-state index in [1.54, 1.807) is 60.0 Å². The largest absolute Gasteiger partial charge is 0.454 e. The van der Waals surface area contributed by atoms with E-state index in [-0.39, 0.29) is 12.7 Å². The van der Waals surface area contributed by atoms with Crippen molar-refractivity contribution in [2.45, 2.75) is 6.04 Å². The van der Waals surface area contributed by atoms with Crippen molar-refractivity contribution in [2.24, 2.45) is 0 Å². The summed E-state index contributed by atoms with van der Waals surface area (Å²) in [7, 11) is 0. The van der Waals surface area contributed by atoms with Crippen LogP contribution in [0.15, 0.2) is 66.0 Å². The molecule has 1 atom stereocenters. The first kappa shape index (κ1) is 19.5. The monoisotopic (exact) mass is 423 g/mol. The quantitative estimate of drug-likeness (QED) is 0.547. The molecule has 4 rings (SSSR count). The van der Waals surface area contributed by atoms with Crippen molar-refractivity contribution in [3.8, 4) is 11.5 Å². The van der Waals surface area contributed by atoms with Gasteiger partial charge in [0.15, 0.2) is 11.5 Å². The summed E-state index contributed by atoms with van der Waals surface area (Å²) >= 11 is 1.27. The third-order valence-corrected chi connectivity index (χ3v) is 5.22. The van der Waals surface area contributed by atoms with Gasteiger partial charge >= 0.3 is 0 Å². The Kier molecular flexibility index (Phi) is 5.62. The van der Waals surface area contributed by atoms with E-state index in [0.29, 0.717) is 27.5 Å². The highest BCUT2D eigenvalue weighted by Gasteiger charge is 2.24. The molecule has 0 fully saturated rings. The molecule has 1 aliphatic heterocycles. The molecule has 0 saturated carbocycles. The van der Waals surface area contributed by atoms with E-state index in [1.165, 1.54) is 17.4 Å². The lowest BCUT2D eigenvalue weighted by Gasteiger charge is -2.19. The Hall–Kier alpha value is -3.85. The number of hydrogen-bond acceptors (Lipinski definition) is 6. The zero-order valence-electron chi connectivity index (χ0n) is 15.6. The minimum absolute atomic E-state index is 0.0971. The number of ether oxygens (including phenoxy) is 2. The molecule has 0 saturated heterocycles. The first-order valence-corrected chi connectivity index (χ1v) is 9.89. The van der Waals surface area contributed by atoms with Gasteiger partial charge in [0, 0.05) is 5.56 Å². The summed E-state index contributed by atoms with van der Waals surface area (Å²) in [5.41, 5.74) is 5.61. The van der Waals surface area contributed by atoms with Gasteiger partial charge in [0.25, 0.3) is 17.7 Å². The molecule has 152 valence electrons. The molecule has 30 heavy (non-hydrogen) atoms. The Morgan fingerprint density at radius 1 is 0.867 bits per heavy atom. The minimum atomic E-state index is -0.988. The second kappa shape index (κ2) is 8.66. The molecule has 1 aromatic heterocycles. The van der Waals surface area contributed by atoms with Crippen LogP contribution in [0.2, 0.25) is 0 Å². The third kappa shape index (κ3) is 4.26. The maximum absolute atomic E-state index is 12.8. The van der Waals surface area contributed by atoms with Gasteiger partial charge in [0.2, 0.25) is 6.79 Å². The average molecular weight is 423 g/mol. The highest BCUT2D eigenvalue weighted by Crippen LogP contribution is 2.32. The molecule has 0 radical (unpaired) electrons. The fourth-order valence-corrected chi connectivity index (χ4v) is 3.48. The summed E-state index contributed by atoms with van der Waals surface area (Å²) < 4.78 is 10.5. The van der Waals surface area contributed by atoms with Gasteiger partial charge in [-0.1, -0.05) is 36.4 Å². The minimum Gasteiger partial charge on any atom is -0.454 e. The van der Waals surface area contributed by atoms with Gasteiger partial charge in [-0.25, -0.2) is 0 Å². The number of carbonyl (C=O) groups is 3. The van der Waals surface area contributed by atoms with E-state index in [0.717, 1.165) is 0 Å². The number of thiophene rings is 1. The second-order valence-electron chi connectivity index (χ2n) is 6.31. The van der Waals surface area contributed by atoms with Gasteiger partial charge in [-0.2, -0.15) is 0 Å². The molecule has 3 aromatic rings. The maximum atomic E-state index is 12.8. The molecule has 0 aliphatic carbocycles. The molecule has 2 aromatic carbocycles. The van der Waals surface area contributed by atoms with Crippen LogP contribution in [0, 0.1) is 0 Å². The van der Waals surface area contributed by atoms with E-state index in [2.05, 4.69) is 16.2 Å². The predicted octanol–water partition coefficient (Wildman–Crippen LogP) is 2.41. The molecular formula is C21H17N3O5S. The molecular weight excluding hydrogens is 406 g/mol. The first-order valence-electron chi connectivity index (χ1n) is 9.01. The van der Waals surface area contributed by atoms with Crippen LogP contribution in [0.5, 0.6) is 11.5 Å². The van der Waals surface area contributed by atoms with E-state index in [9.17, 15) is 14.4 Å². The smallest absolute Gasteiger partial charge is 0.269 e. The normalized spacial score (nSPS) is 12.7. The van der Waals surface area contributed by atoms with Gasteiger partial charge in [0.05, 0.1) is 4.88 Å². The lowest BCUT2D eigenvalue weighted by atomic mass is 10.1. The summed E-state index contributed by atoms with van der Waals surface area (Å²) in [5, 5.41) is 4.48. The van der Waals surface area contributed by atoms with Crippen LogP contribution >= 0.6 is 11.3 Å². The zero-order chi connectivity index (χ0) is 20.9. The van der Waals surface area contributed by atoms with Crippen molar-refractivity contribution < 1.29 is 23.9 Å². The van der Waals surface area contributed by atoms with E-state index in [1.807, 2.05) is 0 Å². The number of hydrazine groups is 1. The number of rotatable bonds is 5. The molecule has 0 spiro atoms. The van der Waals surface area contributed by atoms with Gasteiger partial charge in [-0.3, -0.25) is 25.2 Å². The van der Waals surface area contributed by atoms with Crippen LogP contribution in [0.25, 0.3) is 0 Å². The van der Waals surface area contributed by atoms with Crippen LogP contribution in [0.4, 0.5) is 0 Å². The summed E-state index contributed by atoms with van der Waals surface area (Å²) in [6.45, 7) is 0.0971. The standard InChI is InChI=1S/C21H17N3O5S/c25-19(14-8-9-15-16(11-14)29-12-28-15)23-24-21(27)18(13-5-2-1-3-6-13)22-20(26)17-7-4-10-30-17/h1-11,18H,12H2,(H,22,26)(H,23,25)(H,24,27)/t18-/m1/s1. The Morgan fingerprint density at radius 3 is 2.43 bits per heavy atom. The molecule has 3 N–H and O–H groups in total. The molecule has 0 bridgehead atoms. The molecule has 1 aliphatic rings. The van der Waals surface area contributed by atoms with Crippen LogP contribution in [-0.2, 0) is 4.79 Å². The van der Waals surface area contributed by atoms with Gasteiger partial charge in [-0.15, -0.1) is 11.3 Å². The number of nitrogens with one attached hydrogen (secondary N) is 3. The fraction of sp³-hybridized carbons (Fsp3) is 0.0952. The van der Waals surface area contributed by atoms with Gasteiger partial charge in [-0.05, 0) is 35.2 Å². The number of hydrogen-bond donors (Lipinski definition) is 3. The van der Waals surface area contributed by atoms with Crippen molar-refractivity contribution in [1.82, 2.24) is 16.2 Å². The van der Waals surface area contributed by atoms with E-state index < -0.39 is 17.9 Å². The summed E-state index contributed by atoms with van der Waals surface area (Å²) in [6, 6.07) is 15.9. The molecule has 2 heterocycles. The molecule has 8 nitrogen and oxygen atoms in total. The lowest BCUT2D eigenvalue weighted by Crippen LogP contribution is -2.48. The average Bonchev–Trinajstić information content (AvgIpc) is 3.47. The number of benzene rings is 2. The SMILES string of the molecule is O=C(NNC(=O)[C@H](NC(=O)c1cccs1)c1ccccc1)c1ccc2c(c1)OCO2. The summed E-state index contributed by atoms with van der Waals surface area (Å²) in [4.78, 5) is 38.1. The highest BCUT2D eigenvalue weighted by atomic mass is 32.1. The Bertz CT molecular complexity index is 1070. The lowest BCUT2D eigenvalue weighted by molar-refractivity contribution is -0.123. The van der Waals surface area contributed by atoms with Crippen molar-refractivity contribution in [2.75, 3.05) is 6.79 Å². The van der Waals surface area contributed by atoms with Crippen molar-refractivity contribution in [3.63, 3.8) is 0 Å². The molecule has 0 unspecified atom stereocenters. The van der Waals surface area contributed by atoms with Crippen LogP contribution in [-0.4, -0.2) is 24.5 Å². The van der Waals surface area contributed by atoms with Crippen molar-refractivity contribution in [3.05, 3.63) is 82.0 Å². The van der Waals surface area contributed by atoms with Gasteiger partial charge < -0.3 is 14.8 Å². The van der Waals surface area contributed by atoms with Crippen LogP contribution < -0.4 is 25.6 Å². The second-order valence-corrected chi connectivity index (χ2v) is 7.25. The number of amides is 3. The van der Waals surface area contributed by atoms with Gasteiger partial charge in [0.1, 0.15) is 6.04 Å². The third-order valence-electron chi connectivity index (χ3n) is 4.35. The fourth-order valence-electron chi connectivity index (χ4n) is 2.86. The first-order chi connectivity index (χ1) is 14.6. The topological polar surface area (TPSA) is 106 Å². The molecule has 3 amide bonds. The summed E-state index contributed by atoms with van der Waals surface area (Å²) in [6.07, 6.45) is 0. The molecule has 9 heteroatoms. The van der Waals surface area contributed by atoms with Crippen molar-refractivity contribution >= 4 is 29.1 Å². The summed E-state index contributed by atoms with van der Waals surface area (Å²) in [5.74, 6) is -0.482. The highest BCUT2D eigenvalue weighted by molar-refractivity contribution is 7.12. The number of carbonyl (C=O) groups excluding carboxylic acids is 3. The zero-order valence-corrected chi connectivity index (χ0v) is 16.4. The van der Waals surface area contributed by atoms with E-state index in [4.69, 9.17) is 9.47 Å². The van der Waals surface area contributed by atoms with Crippen LogP contribution in [0.3, 0.4) is 0 Å².